The molecule has 0 atom stereocenters. The molecule has 27 heavy (non-hydrogen) atoms. The van der Waals surface area contributed by atoms with Crippen molar-refractivity contribution in [1.29, 1.82) is 0 Å². The van der Waals surface area contributed by atoms with Gasteiger partial charge in [0.05, 0.1) is 16.4 Å². The smallest absolute Gasteiger partial charge is 0.191 e. The third kappa shape index (κ3) is 7.56. The summed E-state index contributed by atoms with van der Waals surface area (Å²) in [6.45, 7) is 6.52. The van der Waals surface area contributed by atoms with E-state index < -0.39 is 9.84 Å². The molecule has 0 aliphatic rings. The van der Waals surface area contributed by atoms with Crippen LogP contribution in [0.5, 0.6) is 5.75 Å². The fraction of sp³-hybridized carbons (Fsp3) is 0.444. The molecule has 1 aromatic carbocycles. The molecular weight excluding hydrogens is 384 g/mol. The van der Waals surface area contributed by atoms with Gasteiger partial charge in [-0.15, -0.1) is 11.3 Å². The Morgan fingerprint density at radius 1 is 1.26 bits per heavy atom. The van der Waals surface area contributed by atoms with E-state index in [0.717, 1.165) is 23.9 Å². The van der Waals surface area contributed by atoms with E-state index in [0.29, 0.717) is 25.4 Å². The second kappa shape index (κ2) is 10.3. The first kappa shape index (κ1) is 21.2. The highest BCUT2D eigenvalue weighted by Crippen LogP contribution is 2.15. The maximum absolute atomic E-state index is 11.4. The maximum atomic E-state index is 11.4. The molecular formula is C18H26N4O3S2. The summed E-state index contributed by atoms with van der Waals surface area (Å²) in [4.78, 5) is 10.4. The Kier molecular flexibility index (Phi) is 8.05. The van der Waals surface area contributed by atoms with Crippen LogP contribution >= 0.6 is 11.3 Å². The Bertz CT molecular complexity index is 846. The van der Waals surface area contributed by atoms with Crippen LogP contribution in [0, 0.1) is 6.92 Å². The van der Waals surface area contributed by atoms with Crippen molar-refractivity contribution in [2.75, 3.05) is 32.5 Å². The first-order valence-corrected chi connectivity index (χ1v) is 11.5. The Balaban J connectivity index is 1.75. The van der Waals surface area contributed by atoms with E-state index >= 15 is 0 Å². The lowest BCUT2D eigenvalue weighted by Gasteiger charge is -2.12. The summed E-state index contributed by atoms with van der Waals surface area (Å²) < 4.78 is 28.5. The van der Waals surface area contributed by atoms with Gasteiger partial charge in [0.25, 0.3) is 0 Å². The summed E-state index contributed by atoms with van der Waals surface area (Å²) in [6.07, 6.45) is 3.88. The molecule has 0 aliphatic carbocycles. The van der Waals surface area contributed by atoms with Crippen LogP contribution in [-0.4, -0.2) is 51.9 Å². The third-order valence-electron chi connectivity index (χ3n) is 3.52. The molecule has 0 unspecified atom stereocenters. The molecule has 2 rings (SSSR count). The number of aryl methyl sites for hydroxylation is 1. The molecule has 1 aromatic heterocycles. The lowest BCUT2D eigenvalue weighted by Crippen LogP contribution is -2.39. The molecule has 2 aromatic rings. The Hall–Kier alpha value is -2.13. The van der Waals surface area contributed by atoms with Crippen molar-refractivity contribution >= 4 is 27.1 Å². The number of ether oxygens (including phenoxy) is 1. The molecule has 1 heterocycles. The van der Waals surface area contributed by atoms with Crippen LogP contribution in [-0.2, 0) is 16.3 Å². The van der Waals surface area contributed by atoms with Crippen molar-refractivity contribution in [2.24, 2.45) is 4.99 Å². The van der Waals surface area contributed by atoms with Gasteiger partial charge in [0.15, 0.2) is 15.8 Å². The SMILES string of the molecule is CCNC(=NCCc1ncc(C)s1)NCCOc1ccc(S(C)(=O)=O)cc1. The summed E-state index contributed by atoms with van der Waals surface area (Å²) in [5.74, 6) is 1.37. The number of benzene rings is 1. The number of aliphatic imine (C=N–C) groups is 1. The number of nitrogens with zero attached hydrogens (tertiary/aromatic N) is 2. The van der Waals surface area contributed by atoms with E-state index in [2.05, 4.69) is 20.6 Å². The van der Waals surface area contributed by atoms with Crippen molar-refractivity contribution in [3.63, 3.8) is 0 Å². The summed E-state index contributed by atoms with van der Waals surface area (Å²) in [5.41, 5.74) is 0. The van der Waals surface area contributed by atoms with Gasteiger partial charge in [0.1, 0.15) is 12.4 Å². The monoisotopic (exact) mass is 410 g/mol. The van der Waals surface area contributed by atoms with Gasteiger partial charge in [-0.2, -0.15) is 0 Å². The topological polar surface area (TPSA) is 92.7 Å². The fourth-order valence-corrected chi connectivity index (χ4v) is 3.65. The molecule has 0 fully saturated rings. The second-order valence-electron chi connectivity index (χ2n) is 5.89. The van der Waals surface area contributed by atoms with Crippen LogP contribution in [0.1, 0.15) is 16.8 Å². The number of aromatic nitrogens is 1. The summed E-state index contributed by atoms with van der Waals surface area (Å²) in [7, 11) is -3.19. The van der Waals surface area contributed by atoms with E-state index in [1.165, 1.54) is 11.1 Å². The third-order valence-corrected chi connectivity index (χ3v) is 5.63. The minimum absolute atomic E-state index is 0.282. The van der Waals surface area contributed by atoms with Crippen LogP contribution in [0.2, 0.25) is 0 Å². The van der Waals surface area contributed by atoms with Crippen molar-refractivity contribution in [2.45, 2.75) is 25.2 Å². The number of hydrogen-bond acceptors (Lipinski definition) is 6. The van der Waals surface area contributed by atoms with Crippen LogP contribution in [0.3, 0.4) is 0 Å². The van der Waals surface area contributed by atoms with Gasteiger partial charge in [0, 0.05) is 36.8 Å². The summed E-state index contributed by atoms with van der Waals surface area (Å²) in [5, 5.41) is 7.51. The lowest BCUT2D eigenvalue weighted by molar-refractivity contribution is 0.321. The highest BCUT2D eigenvalue weighted by Gasteiger charge is 2.06. The largest absolute Gasteiger partial charge is 0.492 e. The molecule has 0 radical (unpaired) electrons. The molecule has 7 nitrogen and oxygen atoms in total. The minimum atomic E-state index is -3.19. The zero-order chi connectivity index (χ0) is 19.7. The van der Waals surface area contributed by atoms with E-state index in [1.54, 1.807) is 35.6 Å². The van der Waals surface area contributed by atoms with E-state index in [-0.39, 0.29) is 4.90 Å². The highest BCUT2D eigenvalue weighted by atomic mass is 32.2. The average Bonchev–Trinajstić information content (AvgIpc) is 3.03. The van der Waals surface area contributed by atoms with Crippen LogP contribution in [0.15, 0.2) is 40.4 Å². The Morgan fingerprint density at radius 3 is 2.59 bits per heavy atom. The molecule has 0 spiro atoms. The molecule has 2 N–H and O–H groups in total. The van der Waals surface area contributed by atoms with Crippen molar-refractivity contribution in [1.82, 2.24) is 15.6 Å². The second-order valence-corrected chi connectivity index (χ2v) is 9.23. The average molecular weight is 411 g/mol. The van der Waals surface area contributed by atoms with Crippen molar-refractivity contribution < 1.29 is 13.2 Å². The van der Waals surface area contributed by atoms with Gasteiger partial charge in [-0.1, -0.05) is 0 Å². The highest BCUT2D eigenvalue weighted by molar-refractivity contribution is 7.90. The van der Waals surface area contributed by atoms with Gasteiger partial charge in [-0.3, -0.25) is 4.99 Å². The molecule has 0 aliphatic heterocycles. The lowest BCUT2D eigenvalue weighted by atomic mass is 10.3. The first-order chi connectivity index (χ1) is 12.9. The zero-order valence-electron chi connectivity index (χ0n) is 15.9. The molecule has 0 bridgehead atoms. The predicted octanol–water partition coefficient (Wildman–Crippen LogP) is 2.03. The van der Waals surface area contributed by atoms with Crippen LogP contribution in [0.4, 0.5) is 0 Å². The van der Waals surface area contributed by atoms with Crippen molar-refractivity contribution in [3.8, 4) is 5.75 Å². The quantitative estimate of drug-likeness (QED) is 0.373. The standard InChI is InChI=1S/C18H26N4O3S2/c1-4-19-18(20-10-9-17-22-13-14(2)26-17)21-11-12-25-15-5-7-16(8-6-15)27(3,23)24/h5-8,13H,4,9-12H2,1-3H3,(H2,19,20,21). The normalized spacial score (nSPS) is 12.0. The number of rotatable bonds is 9. The van der Waals surface area contributed by atoms with Gasteiger partial charge in [-0.25, -0.2) is 13.4 Å². The first-order valence-electron chi connectivity index (χ1n) is 8.75. The van der Waals surface area contributed by atoms with E-state index in [4.69, 9.17) is 4.74 Å². The van der Waals surface area contributed by atoms with Gasteiger partial charge >= 0.3 is 0 Å². The molecule has 148 valence electrons. The summed E-state index contributed by atoms with van der Waals surface area (Å²) in [6, 6.07) is 6.41. The molecule has 9 heteroatoms. The van der Waals surface area contributed by atoms with Gasteiger partial charge in [-0.05, 0) is 38.1 Å². The number of guanidine groups is 1. The molecule has 0 amide bonds. The van der Waals surface area contributed by atoms with E-state index in [1.807, 2.05) is 20.0 Å². The fourth-order valence-electron chi connectivity index (χ4n) is 2.24. The molecule has 0 saturated heterocycles. The number of nitrogens with one attached hydrogen (secondary N) is 2. The van der Waals surface area contributed by atoms with E-state index in [9.17, 15) is 8.42 Å². The predicted molar refractivity (Wildman–Crippen MR) is 110 cm³/mol. The van der Waals surface area contributed by atoms with Crippen LogP contribution in [0.25, 0.3) is 0 Å². The van der Waals surface area contributed by atoms with Gasteiger partial charge in [0.2, 0.25) is 0 Å². The Labute approximate surface area is 164 Å². The number of hydrogen-bond donors (Lipinski definition) is 2. The number of sulfone groups is 1. The Morgan fingerprint density at radius 2 is 2.00 bits per heavy atom. The van der Waals surface area contributed by atoms with Crippen LogP contribution < -0.4 is 15.4 Å². The summed E-state index contributed by atoms with van der Waals surface area (Å²) >= 11 is 1.70. The maximum Gasteiger partial charge on any atom is 0.191 e. The number of thiazole rings is 1. The van der Waals surface area contributed by atoms with Gasteiger partial charge < -0.3 is 15.4 Å². The van der Waals surface area contributed by atoms with Crippen molar-refractivity contribution in [3.05, 3.63) is 40.3 Å². The molecule has 0 saturated carbocycles. The minimum Gasteiger partial charge on any atom is -0.492 e. The zero-order valence-corrected chi connectivity index (χ0v) is 17.5.